The Morgan fingerprint density at radius 1 is 1.00 bits per heavy atom. The van der Waals surface area contributed by atoms with Gasteiger partial charge in [0.25, 0.3) is 0 Å². The summed E-state index contributed by atoms with van der Waals surface area (Å²) in [6, 6.07) is 16.3. The largest absolute Gasteiger partial charge is 0.456 e. The minimum absolute atomic E-state index is 0.155. The minimum atomic E-state index is -0.155. The van der Waals surface area contributed by atoms with Gasteiger partial charge in [0.1, 0.15) is 11.2 Å². The highest BCUT2D eigenvalue weighted by Crippen LogP contribution is 2.39. The lowest BCUT2D eigenvalue weighted by molar-refractivity contribution is 0.669. The van der Waals surface area contributed by atoms with Crippen molar-refractivity contribution in [2.75, 3.05) is 0 Å². The van der Waals surface area contributed by atoms with Crippen LogP contribution in [0.15, 0.2) is 62.8 Å². The fourth-order valence-electron chi connectivity index (χ4n) is 2.54. The lowest BCUT2D eigenvalue weighted by Crippen LogP contribution is -1.90. The van der Waals surface area contributed by atoms with Gasteiger partial charge in [0, 0.05) is 20.1 Å². The summed E-state index contributed by atoms with van der Waals surface area (Å²) in [4.78, 5) is 1.13. The molecule has 1 unspecified atom stereocenters. The Kier molecular flexibility index (Phi) is 3.29. The van der Waals surface area contributed by atoms with Crippen molar-refractivity contribution < 1.29 is 4.42 Å². The number of fused-ring (bicyclic) bond motifs is 3. The van der Waals surface area contributed by atoms with Crippen molar-refractivity contribution in [2.45, 2.75) is 5.38 Å². The first-order valence-electron chi connectivity index (χ1n) is 6.52. The Bertz CT molecular complexity index is 940. The van der Waals surface area contributed by atoms with E-state index in [1.807, 2.05) is 41.8 Å². The molecule has 2 aromatic heterocycles. The Hall–Kier alpha value is -1.29. The molecule has 2 aromatic carbocycles. The molecule has 4 aromatic rings. The van der Waals surface area contributed by atoms with Crippen molar-refractivity contribution in [3.05, 3.63) is 68.8 Å². The molecular weight excluding hydrogens is 368 g/mol. The van der Waals surface area contributed by atoms with Crippen molar-refractivity contribution in [3.8, 4) is 0 Å². The Labute approximate surface area is 139 Å². The summed E-state index contributed by atoms with van der Waals surface area (Å²) in [6.45, 7) is 0. The number of furan rings is 1. The third kappa shape index (κ3) is 2.20. The third-order valence-corrected chi connectivity index (χ3v) is 6.10. The van der Waals surface area contributed by atoms with Gasteiger partial charge in [-0.1, -0.05) is 24.3 Å². The van der Waals surface area contributed by atoms with Gasteiger partial charge in [0.15, 0.2) is 0 Å². The molecule has 2 heterocycles. The number of hydrogen-bond acceptors (Lipinski definition) is 2. The van der Waals surface area contributed by atoms with E-state index in [1.54, 1.807) is 11.3 Å². The molecule has 0 fully saturated rings. The molecule has 0 amide bonds. The highest BCUT2D eigenvalue weighted by Gasteiger charge is 2.17. The molecule has 0 spiro atoms. The van der Waals surface area contributed by atoms with Crippen LogP contribution in [-0.4, -0.2) is 0 Å². The van der Waals surface area contributed by atoms with Gasteiger partial charge in [-0.3, -0.25) is 0 Å². The van der Waals surface area contributed by atoms with Crippen LogP contribution in [0.2, 0.25) is 0 Å². The first-order valence-corrected chi connectivity index (χ1v) is 8.63. The number of halogens is 2. The van der Waals surface area contributed by atoms with Crippen LogP contribution in [0.1, 0.15) is 15.8 Å². The minimum Gasteiger partial charge on any atom is -0.456 e. The van der Waals surface area contributed by atoms with E-state index in [4.69, 9.17) is 16.0 Å². The van der Waals surface area contributed by atoms with E-state index < -0.39 is 0 Å². The van der Waals surface area contributed by atoms with Gasteiger partial charge < -0.3 is 4.42 Å². The SMILES string of the molecule is ClC(c1ccc2oc3ccccc3c2c1)c1sccc1Br. The molecule has 21 heavy (non-hydrogen) atoms. The standard InChI is InChI=1S/C17H10BrClOS/c18-13-7-8-21-17(13)16(19)10-5-6-15-12(9-10)11-3-1-2-4-14(11)20-15/h1-9,16H. The van der Waals surface area contributed by atoms with Gasteiger partial charge in [0.2, 0.25) is 0 Å². The zero-order chi connectivity index (χ0) is 14.4. The van der Waals surface area contributed by atoms with Crippen LogP contribution < -0.4 is 0 Å². The smallest absolute Gasteiger partial charge is 0.135 e. The number of alkyl halides is 1. The average molecular weight is 378 g/mol. The molecule has 0 aliphatic carbocycles. The number of benzene rings is 2. The predicted octanol–water partition coefficient (Wildman–Crippen LogP) is 6.74. The molecule has 4 heteroatoms. The maximum absolute atomic E-state index is 6.65. The van der Waals surface area contributed by atoms with Crippen LogP contribution in [0, 0.1) is 0 Å². The molecule has 104 valence electrons. The van der Waals surface area contributed by atoms with Gasteiger partial charge in [-0.15, -0.1) is 22.9 Å². The van der Waals surface area contributed by atoms with Gasteiger partial charge in [0.05, 0.1) is 5.38 Å². The second-order valence-corrected chi connectivity index (χ2v) is 7.09. The second-order valence-electron chi connectivity index (χ2n) is 4.85. The molecular formula is C17H10BrClOS. The highest BCUT2D eigenvalue weighted by molar-refractivity contribution is 9.10. The topological polar surface area (TPSA) is 13.1 Å². The summed E-state index contributed by atoms with van der Waals surface area (Å²) in [5.74, 6) is 0. The summed E-state index contributed by atoms with van der Waals surface area (Å²) < 4.78 is 6.91. The zero-order valence-electron chi connectivity index (χ0n) is 10.8. The van der Waals surface area contributed by atoms with Gasteiger partial charge in [-0.05, 0) is 51.1 Å². The van der Waals surface area contributed by atoms with Gasteiger partial charge in [-0.25, -0.2) is 0 Å². The number of rotatable bonds is 2. The van der Waals surface area contributed by atoms with Crippen LogP contribution in [0.4, 0.5) is 0 Å². The lowest BCUT2D eigenvalue weighted by atomic mass is 10.1. The summed E-state index contributed by atoms with van der Waals surface area (Å²) >= 11 is 11.9. The number of para-hydroxylation sites is 1. The van der Waals surface area contributed by atoms with Gasteiger partial charge in [-0.2, -0.15) is 0 Å². The van der Waals surface area contributed by atoms with Crippen LogP contribution >= 0.6 is 38.9 Å². The van der Waals surface area contributed by atoms with E-state index in [0.29, 0.717) is 0 Å². The summed E-state index contributed by atoms with van der Waals surface area (Å²) in [6.07, 6.45) is 0. The highest BCUT2D eigenvalue weighted by atomic mass is 79.9. The molecule has 0 N–H and O–H groups in total. The molecule has 0 aliphatic heterocycles. The van der Waals surface area contributed by atoms with Crippen molar-refractivity contribution in [3.63, 3.8) is 0 Å². The molecule has 0 radical (unpaired) electrons. The van der Waals surface area contributed by atoms with E-state index in [0.717, 1.165) is 36.9 Å². The molecule has 0 aliphatic rings. The number of thiophene rings is 1. The Morgan fingerprint density at radius 2 is 1.81 bits per heavy atom. The van der Waals surface area contributed by atoms with Crippen molar-refractivity contribution >= 4 is 60.8 Å². The lowest BCUT2D eigenvalue weighted by Gasteiger charge is -2.08. The Morgan fingerprint density at radius 3 is 2.62 bits per heavy atom. The molecule has 1 nitrogen and oxygen atoms in total. The van der Waals surface area contributed by atoms with E-state index >= 15 is 0 Å². The van der Waals surface area contributed by atoms with Crippen LogP contribution in [0.5, 0.6) is 0 Å². The molecule has 1 atom stereocenters. The van der Waals surface area contributed by atoms with Crippen LogP contribution in [-0.2, 0) is 0 Å². The van der Waals surface area contributed by atoms with Crippen LogP contribution in [0.3, 0.4) is 0 Å². The quantitative estimate of drug-likeness (QED) is 0.353. The maximum atomic E-state index is 6.65. The van der Waals surface area contributed by atoms with E-state index in [-0.39, 0.29) is 5.38 Å². The predicted molar refractivity (Wildman–Crippen MR) is 93.4 cm³/mol. The molecule has 0 saturated carbocycles. The first-order chi connectivity index (χ1) is 10.2. The summed E-state index contributed by atoms with van der Waals surface area (Å²) in [7, 11) is 0. The van der Waals surface area contributed by atoms with Crippen molar-refractivity contribution in [1.82, 2.24) is 0 Å². The van der Waals surface area contributed by atoms with Crippen molar-refractivity contribution in [1.29, 1.82) is 0 Å². The average Bonchev–Trinajstić information content (AvgIpc) is 3.09. The van der Waals surface area contributed by atoms with Crippen LogP contribution in [0.25, 0.3) is 21.9 Å². The summed E-state index contributed by atoms with van der Waals surface area (Å²) in [5.41, 5.74) is 2.89. The molecule has 0 bridgehead atoms. The zero-order valence-corrected chi connectivity index (χ0v) is 14.0. The number of hydrogen-bond donors (Lipinski definition) is 0. The monoisotopic (exact) mass is 376 g/mol. The fraction of sp³-hybridized carbons (Fsp3) is 0.0588. The molecule has 4 rings (SSSR count). The summed E-state index contributed by atoms with van der Waals surface area (Å²) in [5, 5.41) is 4.13. The Balaban J connectivity index is 1.90. The van der Waals surface area contributed by atoms with E-state index in [2.05, 4.69) is 28.1 Å². The van der Waals surface area contributed by atoms with E-state index in [1.165, 1.54) is 0 Å². The second kappa shape index (κ2) is 5.16. The van der Waals surface area contributed by atoms with E-state index in [9.17, 15) is 0 Å². The van der Waals surface area contributed by atoms with Crippen molar-refractivity contribution in [2.24, 2.45) is 0 Å². The maximum Gasteiger partial charge on any atom is 0.135 e. The first kappa shape index (κ1) is 13.4. The van der Waals surface area contributed by atoms with Gasteiger partial charge >= 0.3 is 0 Å². The normalized spacial score (nSPS) is 13.0. The third-order valence-electron chi connectivity index (χ3n) is 3.57. The molecule has 0 saturated heterocycles. The fourth-order valence-corrected chi connectivity index (χ4v) is 4.68.